The Morgan fingerprint density at radius 1 is 1.00 bits per heavy atom. The highest BCUT2D eigenvalue weighted by molar-refractivity contribution is 6.30. The van der Waals surface area contributed by atoms with Crippen LogP contribution in [0.3, 0.4) is 0 Å². The van der Waals surface area contributed by atoms with Gasteiger partial charge in [-0.05, 0) is 23.8 Å². The average molecular weight is 367 g/mol. The van der Waals surface area contributed by atoms with E-state index in [4.69, 9.17) is 23.1 Å². The minimum absolute atomic E-state index is 0.00310. The molecule has 0 aromatic heterocycles. The summed E-state index contributed by atoms with van der Waals surface area (Å²) in [7, 11) is 0. The van der Waals surface area contributed by atoms with E-state index in [1.165, 1.54) is 12.4 Å². The molecule has 4 nitrogen and oxygen atoms in total. The van der Waals surface area contributed by atoms with Gasteiger partial charge in [0.05, 0.1) is 17.0 Å². The quantitative estimate of drug-likeness (QED) is 0.596. The number of nitrogens with one attached hydrogen (secondary N) is 1. The van der Waals surface area contributed by atoms with Crippen LogP contribution in [0, 0.1) is 5.82 Å². The number of halogens is 2. The van der Waals surface area contributed by atoms with E-state index >= 15 is 0 Å². The van der Waals surface area contributed by atoms with E-state index < -0.39 is 11.5 Å². The molecular formula is C20H16ClFN4. The normalized spacial score (nSPS) is 18.3. The second-order valence-electron chi connectivity index (χ2n) is 6.10. The number of benzene rings is 3. The molecule has 4 rings (SSSR count). The van der Waals surface area contributed by atoms with Crippen molar-refractivity contribution in [3.05, 3.63) is 82.6 Å². The molecule has 130 valence electrons. The number of hydrogen-bond donors (Lipinski definition) is 3. The van der Waals surface area contributed by atoms with Crippen molar-refractivity contribution in [2.45, 2.75) is 5.66 Å². The Morgan fingerprint density at radius 2 is 1.77 bits per heavy atom. The summed E-state index contributed by atoms with van der Waals surface area (Å²) in [5.74, 6) is -0.577. The first-order valence-corrected chi connectivity index (χ1v) is 8.42. The Labute approximate surface area is 155 Å². The number of hydrogen-bond acceptors (Lipinski definition) is 4. The summed E-state index contributed by atoms with van der Waals surface area (Å²) in [6, 6.07) is 17.9. The van der Waals surface area contributed by atoms with Crippen molar-refractivity contribution < 1.29 is 4.39 Å². The smallest absolute Gasteiger partial charge is 0.149 e. The van der Waals surface area contributed by atoms with Crippen molar-refractivity contribution in [3.63, 3.8) is 0 Å². The Bertz CT molecular complexity index is 1020. The Hall–Kier alpha value is -2.89. The summed E-state index contributed by atoms with van der Waals surface area (Å²) >= 11 is 5.99. The van der Waals surface area contributed by atoms with Crippen LogP contribution in [0.1, 0.15) is 11.1 Å². The van der Waals surface area contributed by atoms with Gasteiger partial charge in [-0.3, -0.25) is 0 Å². The highest BCUT2D eigenvalue weighted by atomic mass is 35.5. The fourth-order valence-corrected chi connectivity index (χ4v) is 3.50. The zero-order valence-corrected chi connectivity index (χ0v) is 14.5. The third-order valence-electron chi connectivity index (χ3n) is 4.54. The topological polar surface area (TPSA) is 76.4 Å². The zero-order valence-electron chi connectivity index (χ0n) is 13.7. The third kappa shape index (κ3) is 2.44. The van der Waals surface area contributed by atoms with Crippen LogP contribution in [-0.4, -0.2) is 6.34 Å². The molecule has 5 N–H and O–H groups in total. The molecule has 0 bridgehead atoms. The van der Waals surface area contributed by atoms with Gasteiger partial charge in [-0.2, -0.15) is 0 Å². The number of anilines is 1. The fourth-order valence-electron chi connectivity index (χ4n) is 3.33. The van der Waals surface area contributed by atoms with Crippen molar-refractivity contribution in [2.24, 2.45) is 10.7 Å². The van der Waals surface area contributed by atoms with Gasteiger partial charge in [0.15, 0.2) is 0 Å². The molecule has 1 aliphatic heterocycles. The van der Waals surface area contributed by atoms with Gasteiger partial charge in [0, 0.05) is 22.4 Å². The molecule has 0 aliphatic carbocycles. The van der Waals surface area contributed by atoms with Crippen LogP contribution in [0.5, 0.6) is 0 Å². The maximum absolute atomic E-state index is 14.8. The molecule has 1 unspecified atom stereocenters. The van der Waals surface area contributed by atoms with Gasteiger partial charge in [0.25, 0.3) is 0 Å². The molecule has 0 saturated carbocycles. The lowest BCUT2D eigenvalue weighted by molar-refractivity contribution is 0.466. The molecular weight excluding hydrogens is 351 g/mol. The summed E-state index contributed by atoms with van der Waals surface area (Å²) in [5, 5.41) is 3.01. The average Bonchev–Trinajstić information content (AvgIpc) is 2.65. The molecule has 1 heterocycles. The third-order valence-corrected chi connectivity index (χ3v) is 4.84. The van der Waals surface area contributed by atoms with Crippen LogP contribution in [0.15, 0.2) is 65.7 Å². The van der Waals surface area contributed by atoms with Gasteiger partial charge in [0.1, 0.15) is 11.5 Å². The first-order chi connectivity index (χ1) is 12.5. The molecule has 6 heteroatoms. The van der Waals surface area contributed by atoms with Crippen molar-refractivity contribution >= 4 is 29.3 Å². The predicted octanol–water partition coefficient (Wildman–Crippen LogP) is 4.15. The van der Waals surface area contributed by atoms with Crippen LogP contribution in [0.25, 0.3) is 11.1 Å². The van der Waals surface area contributed by atoms with Gasteiger partial charge in [-0.15, -0.1) is 0 Å². The molecule has 0 radical (unpaired) electrons. The molecule has 1 aliphatic rings. The first-order valence-electron chi connectivity index (χ1n) is 8.04. The van der Waals surface area contributed by atoms with Crippen molar-refractivity contribution in [1.29, 1.82) is 0 Å². The van der Waals surface area contributed by atoms with E-state index in [1.54, 1.807) is 24.3 Å². The standard InChI is InChI=1S/C20H16ClFN4/c21-14-8-4-7-13(19(14)22)20(24)18-16(25-11-26-20)10-9-15(23)17(18)12-5-2-1-3-6-12/h1-11H,23-24H2,(H,25,26). The molecule has 3 aromatic carbocycles. The van der Waals surface area contributed by atoms with Crippen LogP contribution < -0.4 is 16.8 Å². The highest BCUT2D eigenvalue weighted by Gasteiger charge is 2.39. The van der Waals surface area contributed by atoms with Gasteiger partial charge < -0.3 is 16.8 Å². The van der Waals surface area contributed by atoms with Crippen LogP contribution in [0.2, 0.25) is 5.02 Å². The Morgan fingerprint density at radius 3 is 2.54 bits per heavy atom. The van der Waals surface area contributed by atoms with Gasteiger partial charge in [-0.25, -0.2) is 9.38 Å². The lowest BCUT2D eigenvalue weighted by Crippen LogP contribution is -2.53. The molecule has 26 heavy (non-hydrogen) atoms. The molecule has 1 atom stereocenters. The van der Waals surface area contributed by atoms with E-state index in [2.05, 4.69) is 10.3 Å². The van der Waals surface area contributed by atoms with E-state index in [1.807, 2.05) is 30.3 Å². The van der Waals surface area contributed by atoms with E-state index in [9.17, 15) is 4.39 Å². The first kappa shape index (κ1) is 16.6. The SMILES string of the molecule is Nc1ccc2c(c1-c1ccccc1)C(N)(c1cccc(Cl)c1F)NC=N2. The summed E-state index contributed by atoms with van der Waals surface area (Å²) in [4.78, 5) is 4.37. The number of rotatable bonds is 2. The Kier molecular flexibility index (Phi) is 3.90. The molecule has 0 amide bonds. The van der Waals surface area contributed by atoms with E-state index in [0.717, 1.165) is 5.56 Å². The van der Waals surface area contributed by atoms with Gasteiger partial charge in [-0.1, -0.05) is 54.1 Å². The molecule has 0 saturated heterocycles. The van der Waals surface area contributed by atoms with Crippen molar-refractivity contribution in [2.75, 3.05) is 5.73 Å². The van der Waals surface area contributed by atoms with Crippen molar-refractivity contribution in [3.8, 4) is 11.1 Å². The highest BCUT2D eigenvalue weighted by Crippen LogP contribution is 2.44. The molecule has 0 fully saturated rings. The maximum atomic E-state index is 14.8. The monoisotopic (exact) mass is 366 g/mol. The number of aliphatic imine (C=N–C) groups is 1. The summed E-state index contributed by atoms with van der Waals surface area (Å²) < 4.78 is 14.8. The molecule has 3 aromatic rings. The Balaban J connectivity index is 2.06. The summed E-state index contributed by atoms with van der Waals surface area (Å²) in [6.45, 7) is 0. The predicted molar refractivity (Wildman–Crippen MR) is 104 cm³/mol. The second kappa shape index (κ2) is 6.12. The van der Waals surface area contributed by atoms with E-state index in [0.29, 0.717) is 22.5 Å². The lowest BCUT2D eigenvalue weighted by Gasteiger charge is -2.36. The maximum Gasteiger partial charge on any atom is 0.149 e. The minimum Gasteiger partial charge on any atom is -0.398 e. The minimum atomic E-state index is -1.37. The van der Waals surface area contributed by atoms with Crippen LogP contribution in [-0.2, 0) is 5.66 Å². The lowest BCUT2D eigenvalue weighted by atomic mass is 9.83. The van der Waals surface area contributed by atoms with Gasteiger partial charge in [0.2, 0.25) is 0 Å². The number of nitrogens with two attached hydrogens (primary N) is 2. The van der Waals surface area contributed by atoms with Gasteiger partial charge >= 0.3 is 0 Å². The van der Waals surface area contributed by atoms with E-state index in [-0.39, 0.29) is 10.6 Å². The largest absolute Gasteiger partial charge is 0.398 e. The zero-order chi connectivity index (χ0) is 18.3. The number of nitrogens with zero attached hydrogens (tertiary/aromatic N) is 1. The molecule has 0 spiro atoms. The van der Waals surface area contributed by atoms with Crippen LogP contribution >= 0.6 is 11.6 Å². The summed E-state index contributed by atoms with van der Waals surface area (Å²) in [5.41, 5.74) is 15.2. The number of fused-ring (bicyclic) bond motifs is 1. The van der Waals surface area contributed by atoms with Crippen LogP contribution in [0.4, 0.5) is 15.8 Å². The number of nitrogen functional groups attached to an aromatic ring is 1. The summed E-state index contributed by atoms with van der Waals surface area (Å²) in [6.07, 6.45) is 1.47. The fraction of sp³-hybridized carbons (Fsp3) is 0.0500. The second-order valence-corrected chi connectivity index (χ2v) is 6.51. The van der Waals surface area contributed by atoms with Crippen molar-refractivity contribution in [1.82, 2.24) is 5.32 Å².